The van der Waals surface area contributed by atoms with Crippen molar-refractivity contribution in [1.82, 2.24) is 4.98 Å². The molecule has 225 valence electrons. The molecule has 4 aromatic rings. The van der Waals surface area contributed by atoms with Gasteiger partial charge in [0.2, 0.25) is 0 Å². The number of pyridine rings is 1. The molecule has 5 heteroatoms. The number of rotatable bonds is 8. The third-order valence-electron chi connectivity index (χ3n) is 7.91. The van der Waals surface area contributed by atoms with Gasteiger partial charge in [-0.15, -0.1) is 17.5 Å². The maximum atomic E-state index is 11.7. The molecule has 0 saturated heterocycles. The van der Waals surface area contributed by atoms with Gasteiger partial charge in [-0.2, -0.15) is 0 Å². The molecule has 1 N–H and O–H groups in total. The van der Waals surface area contributed by atoms with Gasteiger partial charge in [0, 0.05) is 55.3 Å². The van der Waals surface area contributed by atoms with Gasteiger partial charge < -0.3 is 9.84 Å². The predicted molar refractivity (Wildman–Crippen MR) is 171 cm³/mol. The van der Waals surface area contributed by atoms with E-state index in [9.17, 15) is 9.90 Å². The zero-order valence-corrected chi connectivity index (χ0v) is 28.4. The second kappa shape index (κ2) is 14.4. The van der Waals surface area contributed by atoms with Crippen molar-refractivity contribution in [2.75, 3.05) is 0 Å². The SMILES string of the molecule is CC(C)(C)Cc1cc2c3c(nccc3c1)-c1[c-]c3ccccc3cc1O2.CCC(CC)C(=O)/C=C(\O)C(CC)CC.[Ir]. The zero-order chi connectivity index (χ0) is 29.7. The Morgan fingerprint density at radius 2 is 1.60 bits per heavy atom. The Morgan fingerprint density at radius 3 is 2.24 bits per heavy atom. The van der Waals surface area contributed by atoms with Crippen LogP contribution in [0.2, 0.25) is 0 Å². The third kappa shape index (κ3) is 7.68. The van der Waals surface area contributed by atoms with Gasteiger partial charge in [0.05, 0.1) is 11.5 Å². The van der Waals surface area contributed by atoms with E-state index in [1.54, 1.807) is 0 Å². The number of aliphatic hydroxyl groups excluding tert-OH is 1. The molecular weight excluding hydrogens is 699 g/mol. The summed E-state index contributed by atoms with van der Waals surface area (Å²) in [6.45, 7) is 14.9. The van der Waals surface area contributed by atoms with Crippen molar-refractivity contribution in [1.29, 1.82) is 0 Å². The minimum atomic E-state index is 0. The molecule has 0 amide bonds. The van der Waals surface area contributed by atoms with Crippen LogP contribution in [0, 0.1) is 23.3 Å². The number of aromatic nitrogens is 1. The summed E-state index contributed by atoms with van der Waals surface area (Å²) in [6.07, 6.45) is 7.80. The van der Waals surface area contributed by atoms with Crippen LogP contribution in [0.4, 0.5) is 0 Å². The number of carbonyl (C=O) groups excluding carboxylic acids is 1. The first kappa shape index (κ1) is 33.5. The van der Waals surface area contributed by atoms with Crippen LogP contribution in [-0.4, -0.2) is 15.9 Å². The molecule has 3 aromatic carbocycles. The molecule has 0 bridgehead atoms. The number of carbonyl (C=O) groups is 1. The first-order valence-electron chi connectivity index (χ1n) is 15.1. The smallest absolute Gasteiger partial charge is 0.162 e. The number of nitrogens with zero attached hydrogens (tertiary/aromatic N) is 1. The first-order chi connectivity index (χ1) is 19.6. The molecule has 4 nitrogen and oxygen atoms in total. The van der Waals surface area contributed by atoms with Crippen LogP contribution in [0.15, 0.2) is 66.6 Å². The number of ketones is 1. The van der Waals surface area contributed by atoms with Crippen molar-refractivity contribution in [3.63, 3.8) is 0 Å². The van der Waals surface area contributed by atoms with Crippen molar-refractivity contribution in [3.05, 3.63) is 78.2 Å². The Bertz CT molecular complexity index is 1560. The van der Waals surface area contributed by atoms with Gasteiger partial charge in [-0.25, -0.2) is 0 Å². The Labute approximate surface area is 264 Å². The van der Waals surface area contributed by atoms with Crippen molar-refractivity contribution >= 4 is 27.3 Å². The number of hydrogen-bond donors (Lipinski definition) is 1. The van der Waals surface area contributed by atoms with Crippen molar-refractivity contribution in [2.24, 2.45) is 17.3 Å². The van der Waals surface area contributed by atoms with E-state index >= 15 is 0 Å². The van der Waals surface area contributed by atoms with E-state index < -0.39 is 0 Å². The molecule has 0 atom stereocenters. The molecule has 0 fully saturated rings. The molecule has 1 radical (unpaired) electrons. The van der Waals surface area contributed by atoms with Crippen LogP contribution >= 0.6 is 0 Å². The molecule has 42 heavy (non-hydrogen) atoms. The molecule has 0 aliphatic carbocycles. The average Bonchev–Trinajstić information content (AvgIpc) is 2.93. The van der Waals surface area contributed by atoms with Gasteiger partial charge >= 0.3 is 0 Å². The van der Waals surface area contributed by atoms with Crippen LogP contribution in [0.25, 0.3) is 32.8 Å². The second-order valence-electron chi connectivity index (χ2n) is 12.3. The van der Waals surface area contributed by atoms with Gasteiger partial charge in [-0.3, -0.25) is 9.78 Å². The molecule has 1 aromatic heterocycles. The summed E-state index contributed by atoms with van der Waals surface area (Å²) in [5.41, 5.74) is 3.44. The standard InChI is InChI=1S/C24H20NO.C13H24O2.Ir/c1-24(2,3)14-15-10-18-8-9-25-23-19-12-16-6-4-5-7-17(16)13-20(19)26-21(11-15)22(18)23;1-5-10(6-2)12(14)9-13(15)11(7-3)8-4;/h4-11,13H,14H2,1-3H3;9-11,14H,5-8H2,1-4H3;/q-1;;/b;12-9-;. The average molecular weight is 743 g/mol. The topological polar surface area (TPSA) is 59.4 Å². The number of ether oxygens (including phenoxy) is 1. The number of allylic oxidation sites excluding steroid dienone is 2. The maximum Gasteiger partial charge on any atom is 0.162 e. The Morgan fingerprint density at radius 1 is 0.929 bits per heavy atom. The van der Waals surface area contributed by atoms with Gasteiger partial charge in [0.15, 0.2) is 5.78 Å². The van der Waals surface area contributed by atoms with Gasteiger partial charge in [-0.1, -0.05) is 89.7 Å². The molecule has 0 spiro atoms. The van der Waals surface area contributed by atoms with Crippen molar-refractivity contribution < 1.29 is 34.7 Å². The van der Waals surface area contributed by atoms with Crippen LogP contribution in [0.3, 0.4) is 0 Å². The van der Waals surface area contributed by atoms with Crippen LogP contribution in [-0.2, 0) is 31.3 Å². The molecule has 2 heterocycles. The Hall–Kier alpha value is -3.01. The molecule has 0 unspecified atom stereocenters. The van der Waals surface area contributed by atoms with E-state index in [1.165, 1.54) is 17.0 Å². The number of benzene rings is 3. The van der Waals surface area contributed by atoms with Crippen molar-refractivity contribution in [3.8, 4) is 22.8 Å². The van der Waals surface area contributed by atoms with Crippen LogP contribution < -0.4 is 4.74 Å². The number of fused-ring (bicyclic) bond motifs is 3. The summed E-state index contributed by atoms with van der Waals surface area (Å²) in [6, 6.07) is 20.4. The van der Waals surface area contributed by atoms with E-state index in [2.05, 4.69) is 68.2 Å². The van der Waals surface area contributed by atoms with E-state index in [-0.39, 0.29) is 48.9 Å². The quantitative estimate of drug-likeness (QED) is 0.0977. The number of aliphatic hydroxyl groups is 1. The monoisotopic (exact) mass is 743 g/mol. The summed E-state index contributed by atoms with van der Waals surface area (Å²) in [7, 11) is 0. The summed E-state index contributed by atoms with van der Waals surface area (Å²) in [5, 5.41) is 14.2. The molecule has 1 aliphatic heterocycles. The van der Waals surface area contributed by atoms with Gasteiger partial charge in [0.25, 0.3) is 0 Å². The van der Waals surface area contributed by atoms with E-state index in [0.29, 0.717) is 0 Å². The fourth-order valence-corrected chi connectivity index (χ4v) is 5.62. The van der Waals surface area contributed by atoms with E-state index in [1.807, 2.05) is 46.0 Å². The maximum absolute atomic E-state index is 11.7. The summed E-state index contributed by atoms with van der Waals surface area (Å²) in [5.74, 6) is 2.29. The summed E-state index contributed by atoms with van der Waals surface area (Å²) in [4.78, 5) is 16.4. The number of hydrogen-bond acceptors (Lipinski definition) is 4. The molecule has 1 aliphatic rings. The Kier molecular flexibility index (Phi) is 11.5. The first-order valence-corrected chi connectivity index (χ1v) is 15.1. The molecular formula is C37H44IrNO3-. The fraction of sp³-hybridized carbons (Fsp3) is 0.405. The third-order valence-corrected chi connectivity index (χ3v) is 7.91. The van der Waals surface area contributed by atoms with Crippen molar-refractivity contribution in [2.45, 2.75) is 80.6 Å². The predicted octanol–water partition coefficient (Wildman–Crippen LogP) is 10.4. The van der Waals surface area contributed by atoms with Crippen LogP contribution in [0.1, 0.15) is 79.7 Å². The van der Waals surface area contributed by atoms with Crippen LogP contribution in [0.5, 0.6) is 11.5 Å². The minimum absolute atomic E-state index is 0. The van der Waals surface area contributed by atoms with E-state index in [4.69, 9.17) is 4.74 Å². The Balaban J connectivity index is 0.000000263. The van der Waals surface area contributed by atoms with Gasteiger partial charge in [-0.05, 0) is 60.6 Å². The normalized spacial score (nSPS) is 12.5. The summed E-state index contributed by atoms with van der Waals surface area (Å²) < 4.78 is 6.34. The minimum Gasteiger partial charge on any atom is -0.512 e. The van der Waals surface area contributed by atoms with E-state index in [0.717, 1.165) is 71.0 Å². The fourth-order valence-electron chi connectivity index (χ4n) is 5.62. The largest absolute Gasteiger partial charge is 0.512 e. The second-order valence-corrected chi connectivity index (χ2v) is 12.3. The molecule has 5 rings (SSSR count). The zero-order valence-electron chi connectivity index (χ0n) is 26.0. The molecule has 0 saturated carbocycles. The van der Waals surface area contributed by atoms with Gasteiger partial charge in [0.1, 0.15) is 5.75 Å². The summed E-state index contributed by atoms with van der Waals surface area (Å²) >= 11 is 0.